The van der Waals surface area contributed by atoms with Gasteiger partial charge in [0.15, 0.2) is 5.65 Å². The number of aromatic amines is 1. The number of fused-ring (bicyclic) bond motifs is 1. The van der Waals surface area contributed by atoms with Gasteiger partial charge in [-0.1, -0.05) is 35.2 Å². The van der Waals surface area contributed by atoms with E-state index in [1.165, 1.54) is 19.3 Å². The second kappa shape index (κ2) is 7.46. The number of nitrogens with zero attached hydrogens (tertiary/aromatic N) is 3. The van der Waals surface area contributed by atoms with Gasteiger partial charge < -0.3 is 9.72 Å². The molecule has 0 aliphatic heterocycles. The fourth-order valence-electron chi connectivity index (χ4n) is 3.98. The highest BCUT2D eigenvalue weighted by molar-refractivity contribution is 9.10. The van der Waals surface area contributed by atoms with E-state index in [1.54, 1.807) is 7.11 Å². The van der Waals surface area contributed by atoms with Gasteiger partial charge in [-0.05, 0) is 38.0 Å². The third kappa shape index (κ3) is 3.29. The molecular weight excluding hydrogens is 408 g/mol. The fraction of sp³-hybridized carbons (Fsp3) is 0.450. The molecule has 2 aromatic heterocycles. The monoisotopic (exact) mass is 430 g/mol. The van der Waals surface area contributed by atoms with Crippen LogP contribution in [0.1, 0.15) is 50.6 Å². The van der Waals surface area contributed by atoms with Gasteiger partial charge in [0, 0.05) is 16.9 Å². The topological polar surface area (TPSA) is 72.8 Å². The second-order valence-corrected chi connectivity index (χ2v) is 7.91. The van der Waals surface area contributed by atoms with Gasteiger partial charge in [-0.25, -0.2) is 9.67 Å². The zero-order valence-electron chi connectivity index (χ0n) is 15.6. The van der Waals surface area contributed by atoms with Crippen LogP contribution in [0.2, 0.25) is 0 Å². The summed E-state index contributed by atoms with van der Waals surface area (Å²) in [6.45, 7) is 2.70. The number of hydrogen-bond donors (Lipinski definition) is 1. The molecule has 0 unspecified atom stereocenters. The summed E-state index contributed by atoms with van der Waals surface area (Å²) in [5, 5.41) is 5.42. The Balaban J connectivity index is 1.90. The lowest BCUT2D eigenvalue weighted by Crippen LogP contribution is -2.13. The molecule has 2 heterocycles. The molecule has 3 aromatic rings. The van der Waals surface area contributed by atoms with Gasteiger partial charge in [-0.3, -0.25) is 4.79 Å². The van der Waals surface area contributed by atoms with Crippen LogP contribution in [-0.4, -0.2) is 26.9 Å². The molecule has 142 valence electrons. The summed E-state index contributed by atoms with van der Waals surface area (Å²) in [5.41, 5.74) is 2.19. The van der Waals surface area contributed by atoms with Crippen LogP contribution in [-0.2, 0) is 6.54 Å². The number of H-pyrrole nitrogens is 1. The molecule has 0 spiro atoms. The summed E-state index contributed by atoms with van der Waals surface area (Å²) in [6, 6.07) is 5.67. The molecule has 27 heavy (non-hydrogen) atoms. The molecule has 6 nitrogen and oxygen atoms in total. The average molecular weight is 431 g/mol. The third-order valence-electron chi connectivity index (χ3n) is 5.34. The van der Waals surface area contributed by atoms with Crippen molar-refractivity contribution in [2.45, 2.75) is 51.5 Å². The van der Waals surface area contributed by atoms with Crippen molar-refractivity contribution in [3.05, 3.63) is 38.7 Å². The fourth-order valence-corrected chi connectivity index (χ4v) is 4.32. The van der Waals surface area contributed by atoms with Crippen molar-refractivity contribution in [3.8, 4) is 17.1 Å². The van der Waals surface area contributed by atoms with Gasteiger partial charge in [0.05, 0.1) is 18.4 Å². The Morgan fingerprint density at radius 1 is 1.30 bits per heavy atom. The Labute approximate surface area is 166 Å². The first-order valence-corrected chi connectivity index (χ1v) is 10.3. The molecule has 0 bridgehead atoms. The van der Waals surface area contributed by atoms with E-state index in [0.29, 0.717) is 35.1 Å². The van der Waals surface area contributed by atoms with E-state index in [1.807, 2.05) is 29.8 Å². The predicted molar refractivity (Wildman–Crippen MR) is 109 cm³/mol. The minimum Gasteiger partial charge on any atom is -0.496 e. The van der Waals surface area contributed by atoms with E-state index in [4.69, 9.17) is 14.8 Å². The number of aryl methyl sites for hydroxylation is 1. The largest absolute Gasteiger partial charge is 0.496 e. The van der Waals surface area contributed by atoms with E-state index < -0.39 is 0 Å². The highest BCUT2D eigenvalue weighted by Crippen LogP contribution is 2.35. The normalized spacial score (nSPS) is 15.4. The Bertz CT molecular complexity index is 1030. The van der Waals surface area contributed by atoms with Crippen molar-refractivity contribution in [1.82, 2.24) is 19.7 Å². The first-order chi connectivity index (χ1) is 13.1. The third-order valence-corrected chi connectivity index (χ3v) is 5.83. The number of ether oxygens (including phenoxy) is 1. The van der Waals surface area contributed by atoms with E-state index in [9.17, 15) is 4.79 Å². The van der Waals surface area contributed by atoms with Crippen LogP contribution >= 0.6 is 15.9 Å². The SMILES string of the molecule is CCn1nc(C2CCCCC2)c2c(=O)[nH]c(-c3ccc(Br)cc3OC)nc21. The van der Waals surface area contributed by atoms with Gasteiger partial charge in [-0.2, -0.15) is 5.10 Å². The zero-order chi connectivity index (χ0) is 19.0. The Morgan fingerprint density at radius 3 is 2.78 bits per heavy atom. The zero-order valence-corrected chi connectivity index (χ0v) is 17.2. The molecule has 0 amide bonds. The quantitative estimate of drug-likeness (QED) is 0.654. The maximum atomic E-state index is 13.0. The summed E-state index contributed by atoms with van der Waals surface area (Å²) in [4.78, 5) is 20.8. The first kappa shape index (κ1) is 18.2. The van der Waals surface area contributed by atoms with Gasteiger partial charge in [0.25, 0.3) is 5.56 Å². The summed E-state index contributed by atoms with van der Waals surface area (Å²) in [7, 11) is 1.61. The van der Waals surface area contributed by atoms with Gasteiger partial charge in [0.1, 0.15) is 17.0 Å². The Morgan fingerprint density at radius 2 is 2.07 bits per heavy atom. The van der Waals surface area contributed by atoms with Gasteiger partial charge >= 0.3 is 0 Å². The van der Waals surface area contributed by atoms with Crippen LogP contribution in [0.25, 0.3) is 22.4 Å². The Hall–Kier alpha value is -2.15. The number of benzene rings is 1. The van der Waals surface area contributed by atoms with Crippen LogP contribution < -0.4 is 10.3 Å². The second-order valence-electron chi connectivity index (χ2n) is 6.99. The maximum absolute atomic E-state index is 13.0. The van der Waals surface area contributed by atoms with Crippen molar-refractivity contribution in [1.29, 1.82) is 0 Å². The molecule has 0 saturated heterocycles. The molecule has 1 N–H and O–H groups in total. The number of aromatic nitrogens is 4. The smallest absolute Gasteiger partial charge is 0.262 e. The lowest BCUT2D eigenvalue weighted by Gasteiger charge is -2.19. The lowest BCUT2D eigenvalue weighted by molar-refractivity contribution is 0.416. The number of rotatable bonds is 4. The molecule has 7 heteroatoms. The van der Waals surface area contributed by atoms with Crippen LogP contribution in [0.15, 0.2) is 27.5 Å². The number of methoxy groups -OCH3 is 1. The molecule has 0 atom stereocenters. The standard InChI is InChI=1S/C20H23BrN4O2/c1-3-25-19-16(17(24-25)12-7-5-4-6-8-12)20(26)23-18(22-19)14-10-9-13(21)11-15(14)27-2/h9-12H,3-8H2,1-2H3,(H,22,23,26). The van der Waals surface area contributed by atoms with Crippen molar-refractivity contribution >= 4 is 27.0 Å². The van der Waals surface area contributed by atoms with E-state index in [2.05, 4.69) is 20.9 Å². The molecule has 1 aromatic carbocycles. The molecular formula is C20H23BrN4O2. The molecule has 4 rings (SSSR count). The van der Waals surface area contributed by atoms with E-state index >= 15 is 0 Å². The predicted octanol–water partition coefficient (Wildman–Crippen LogP) is 4.63. The Kier molecular flexibility index (Phi) is 5.04. The van der Waals surface area contributed by atoms with Crippen molar-refractivity contribution in [3.63, 3.8) is 0 Å². The summed E-state index contributed by atoms with van der Waals surface area (Å²) >= 11 is 3.45. The van der Waals surface area contributed by atoms with Gasteiger partial charge in [0.2, 0.25) is 0 Å². The van der Waals surface area contributed by atoms with Crippen molar-refractivity contribution in [2.75, 3.05) is 7.11 Å². The molecule has 1 fully saturated rings. The van der Waals surface area contributed by atoms with Crippen LogP contribution in [0.5, 0.6) is 5.75 Å². The summed E-state index contributed by atoms with van der Waals surface area (Å²) in [5.74, 6) is 1.51. The molecule has 1 aliphatic rings. The summed E-state index contributed by atoms with van der Waals surface area (Å²) < 4.78 is 8.23. The van der Waals surface area contributed by atoms with Crippen molar-refractivity contribution in [2.24, 2.45) is 0 Å². The van der Waals surface area contributed by atoms with E-state index in [-0.39, 0.29) is 5.56 Å². The highest BCUT2D eigenvalue weighted by atomic mass is 79.9. The lowest BCUT2D eigenvalue weighted by atomic mass is 9.86. The molecule has 0 radical (unpaired) electrons. The first-order valence-electron chi connectivity index (χ1n) is 9.47. The number of nitrogens with one attached hydrogen (secondary N) is 1. The van der Waals surface area contributed by atoms with Gasteiger partial charge in [-0.15, -0.1) is 0 Å². The van der Waals surface area contributed by atoms with Crippen molar-refractivity contribution < 1.29 is 4.74 Å². The highest BCUT2D eigenvalue weighted by Gasteiger charge is 2.25. The van der Waals surface area contributed by atoms with E-state index in [0.717, 1.165) is 28.6 Å². The van der Waals surface area contributed by atoms with Crippen LogP contribution in [0.3, 0.4) is 0 Å². The minimum atomic E-state index is -0.125. The minimum absolute atomic E-state index is 0.125. The number of halogens is 1. The van der Waals surface area contributed by atoms with Crippen LogP contribution in [0.4, 0.5) is 0 Å². The number of hydrogen-bond acceptors (Lipinski definition) is 4. The molecule has 1 saturated carbocycles. The van der Waals surface area contributed by atoms with Crippen LogP contribution in [0, 0.1) is 0 Å². The maximum Gasteiger partial charge on any atom is 0.262 e. The molecule has 1 aliphatic carbocycles. The summed E-state index contributed by atoms with van der Waals surface area (Å²) in [6.07, 6.45) is 5.86. The average Bonchev–Trinajstić information content (AvgIpc) is 3.07.